The summed E-state index contributed by atoms with van der Waals surface area (Å²) in [4.78, 5) is 13.5. The van der Waals surface area contributed by atoms with Crippen molar-refractivity contribution in [2.24, 2.45) is 34.5 Å². The summed E-state index contributed by atoms with van der Waals surface area (Å²) >= 11 is 0. The molecule has 0 radical (unpaired) electrons. The van der Waals surface area contributed by atoms with Crippen molar-refractivity contribution >= 4 is 5.78 Å². The number of rotatable bonds is 8. The third kappa shape index (κ3) is 4.52. The van der Waals surface area contributed by atoms with Crippen LogP contribution in [0.2, 0.25) is 0 Å². The summed E-state index contributed by atoms with van der Waals surface area (Å²) in [6, 6.07) is 0. The topological polar surface area (TPSA) is 17.1 Å². The first kappa shape index (κ1) is 23.7. The van der Waals surface area contributed by atoms with Gasteiger partial charge < -0.3 is 0 Å². The summed E-state index contributed by atoms with van der Waals surface area (Å²) in [5.74, 6) is 3.70. The fourth-order valence-corrected chi connectivity index (χ4v) is 8.37. The highest BCUT2D eigenvalue weighted by Crippen LogP contribution is 2.66. The van der Waals surface area contributed by atoms with Crippen molar-refractivity contribution in [3.63, 3.8) is 0 Å². The molecule has 0 amide bonds. The normalized spacial score (nSPS) is 43.3. The molecule has 4 aliphatic rings. The predicted octanol–water partition coefficient (Wildman–Crippen LogP) is 8.84. The van der Waals surface area contributed by atoms with Crippen LogP contribution in [-0.4, -0.2) is 12.0 Å². The molecule has 0 aromatic carbocycles. The van der Waals surface area contributed by atoms with Crippen LogP contribution in [0.15, 0.2) is 0 Å². The minimum absolute atomic E-state index is 0.362. The van der Waals surface area contributed by atoms with Crippen LogP contribution < -0.4 is 0 Å². The zero-order chi connectivity index (χ0) is 21.9. The molecule has 1 nitrogen and oxygen atoms in total. The van der Waals surface area contributed by atoms with Gasteiger partial charge >= 0.3 is 0 Å². The van der Waals surface area contributed by atoms with Gasteiger partial charge in [-0.05, 0) is 87.9 Å². The van der Waals surface area contributed by atoms with Gasteiger partial charge in [0.1, 0.15) is 6.17 Å². The average Bonchev–Trinajstić information content (AvgIpc) is 2.83. The summed E-state index contributed by atoms with van der Waals surface area (Å²) in [6.45, 7) is 4.55. The number of hydrogen-bond donors (Lipinski definition) is 0. The third-order valence-corrected chi connectivity index (χ3v) is 10.5. The van der Waals surface area contributed by atoms with Crippen molar-refractivity contribution in [1.82, 2.24) is 0 Å². The van der Waals surface area contributed by atoms with Crippen molar-refractivity contribution in [2.75, 3.05) is 0 Å². The van der Waals surface area contributed by atoms with Gasteiger partial charge in [0.2, 0.25) is 0 Å². The molecule has 0 aromatic rings. The fraction of sp³-hybridized carbons (Fsp3) is 0.966. The SMILES string of the molecule is CCCCCC1CC[C@]2(CC1)C(=O)[C@@]1(CCC(C3CCC(CCCC)CC3)CC1)[C@@H]2F. The minimum atomic E-state index is -0.838. The van der Waals surface area contributed by atoms with Crippen molar-refractivity contribution in [2.45, 2.75) is 142 Å². The summed E-state index contributed by atoms with van der Waals surface area (Å²) < 4.78 is 15.8. The summed E-state index contributed by atoms with van der Waals surface area (Å²) in [5.41, 5.74) is -1.13. The molecule has 2 spiro atoms. The lowest BCUT2D eigenvalue weighted by Crippen LogP contribution is -2.69. The molecule has 0 aromatic heterocycles. The Balaban J connectivity index is 1.24. The maximum absolute atomic E-state index is 15.8. The first-order valence-electron chi connectivity index (χ1n) is 14.2. The van der Waals surface area contributed by atoms with Crippen LogP contribution in [-0.2, 0) is 4.79 Å². The quantitative estimate of drug-likeness (QED) is 0.350. The lowest BCUT2D eigenvalue weighted by atomic mass is 9.41. The molecule has 178 valence electrons. The van der Waals surface area contributed by atoms with Crippen LogP contribution in [0.3, 0.4) is 0 Å². The van der Waals surface area contributed by atoms with E-state index in [-0.39, 0.29) is 0 Å². The lowest BCUT2D eigenvalue weighted by molar-refractivity contribution is -0.194. The Hall–Kier alpha value is -0.400. The molecule has 2 heteroatoms. The van der Waals surface area contributed by atoms with Gasteiger partial charge in [-0.1, -0.05) is 71.6 Å². The van der Waals surface area contributed by atoms with E-state index in [0.29, 0.717) is 5.78 Å². The number of hydrogen-bond acceptors (Lipinski definition) is 1. The zero-order valence-corrected chi connectivity index (χ0v) is 20.6. The molecular weight excluding hydrogens is 383 g/mol. The van der Waals surface area contributed by atoms with E-state index < -0.39 is 17.0 Å². The van der Waals surface area contributed by atoms with Gasteiger partial charge in [0.05, 0.1) is 10.8 Å². The molecule has 31 heavy (non-hydrogen) atoms. The van der Waals surface area contributed by atoms with Crippen LogP contribution >= 0.6 is 0 Å². The molecule has 0 unspecified atom stereocenters. The molecule has 0 saturated heterocycles. The molecule has 4 aliphatic carbocycles. The molecule has 1 atom stereocenters. The Morgan fingerprint density at radius 3 is 1.71 bits per heavy atom. The number of Topliss-reactive ketones (excluding diaryl/α,β-unsaturated/α-hetero) is 1. The fourth-order valence-electron chi connectivity index (χ4n) is 8.37. The number of unbranched alkanes of at least 4 members (excludes halogenated alkanes) is 3. The maximum atomic E-state index is 15.8. The van der Waals surface area contributed by atoms with Gasteiger partial charge in [0.15, 0.2) is 5.78 Å². The van der Waals surface area contributed by atoms with Gasteiger partial charge in [-0.15, -0.1) is 0 Å². The number of ketones is 1. The van der Waals surface area contributed by atoms with Crippen LogP contribution in [0.1, 0.15) is 136 Å². The molecule has 4 fully saturated rings. The molecule has 0 aliphatic heterocycles. The second-order valence-electron chi connectivity index (χ2n) is 12.2. The zero-order valence-electron chi connectivity index (χ0n) is 20.6. The number of carbonyl (C=O) groups excluding carboxylic acids is 1. The Morgan fingerprint density at radius 1 is 0.677 bits per heavy atom. The van der Waals surface area contributed by atoms with E-state index in [9.17, 15) is 4.79 Å². The molecule has 0 bridgehead atoms. The van der Waals surface area contributed by atoms with Crippen LogP contribution in [0.5, 0.6) is 0 Å². The largest absolute Gasteiger partial charge is 0.298 e. The van der Waals surface area contributed by atoms with E-state index in [4.69, 9.17) is 0 Å². The van der Waals surface area contributed by atoms with Crippen LogP contribution in [0.25, 0.3) is 0 Å². The number of alkyl halides is 1. The van der Waals surface area contributed by atoms with E-state index in [1.54, 1.807) is 0 Å². The standard InChI is InChI=1S/C29H49FO/c1-3-5-7-9-23-14-18-28(19-15-23)26(30)29(27(28)31)20-16-25(17-21-29)24-12-10-22(11-13-24)8-6-4-2/h22-26H,3-21H2,1-2H3/t22?,23?,24?,25?,26-,28-,29-/m1/s1. The third-order valence-electron chi connectivity index (χ3n) is 10.5. The monoisotopic (exact) mass is 432 g/mol. The first-order chi connectivity index (χ1) is 15.1. The van der Waals surface area contributed by atoms with Gasteiger partial charge in [-0.3, -0.25) is 4.79 Å². The molecule has 4 saturated carbocycles. The van der Waals surface area contributed by atoms with Gasteiger partial charge in [0.25, 0.3) is 0 Å². The van der Waals surface area contributed by atoms with Gasteiger partial charge in [-0.25, -0.2) is 4.39 Å². The molecular formula is C29H49FO. The minimum Gasteiger partial charge on any atom is -0.298 e. The van der Waals surface area contributed by atoms with Crippen LogP contribution in [0, 0.1) is 34.5 Å². The highest BCUT2D eigenvalue weighted by atomic mass is 19.1. The van der Waals surface area contributed by atoms with E-state index >= 15 is 4.39 Å². The predicted molar refractivity (Wildman–Crippen MR) is 128 cm³/mol. The van der Waals surface area contributed by atoms with Crippen molar-refractivity contribution in [3.8, 4) is 0 Å². The van der Waals surface area contributed by atoms with Crippen molar-refractivity contribution in [1.29, 1.82) is 0 Å². The number of halogens is 1. The van der Waals surface area contributed by atoms with Crippen molar-refractivity contribution < 1.29 is 9.18 Å². The van der Waals surface area contributed by atoms with Crippen LogP contribution in [0.4, 0.5) is 4.39 Å². The van der Waals surface area contributed by atoms with Crippen molar-refractivity contribution in [3.05, 3.63) is 0 Å². The summed E-state index contributed by atoms with van der Waals surface area (Å²) in [5, 5.41) is 0. The second-order valence-corrected chi connectivity index (χ2v) is 12.2. The average molecular weight is 433 g/mol. The van der Waals surface area contributed by atoms with E-state index in [0.717, 1.165) is 75.0 Å². The number of carbonyl (C=O) groups is 1. The second kappa shape index (κ2) is 10.3. The summed E-state index contributed by atoms with van der Waals surface area (Å²) in [7, 11) is 0. The highest BCUT2D eigenvalue weighted by Gasteiger charge is 2.71. The highest BCUT2D eigenvalue weighted by molar-refractivity contribution is 5.98. The van der Waals surface area contributed by atoms with E-state index in [2.05, 4.69) is 13.8 Å². The molecule has 0 heterocycles. The first-order valence-corrected chi connectivity index (χ1v) is 14.2. The van der Waals surface area contributed by atoms with E-state index in [1.807, 2.05) is 0 Å². The Morgan fingerprint density at radius 2 is 1.16 bits per heavy atom. The Kier molecular flexibility index (Phi) is 7.85. The van der Waals surface area contributed by atoms with E-state index in [1.165, 1.54) is 70.6 Å². The lowest BCUT2D eigenvalue weighted by Gasteiger charge is -2.61. The smallest absolute Gasteiger partial charge is 0.151 e. The Labute approximate surface area is 191 Å². The maximum Gasteiger partial charge on any atom is 0.151 e. The Bertz CT molecular complexity index is 574. The molecule has 0 N–H and O–H groups in total. The van der Waals surface area contributed by atoms with Gasteiger partial charge in [-0.2, -0.15) is 0 Å². The van der Waals surface area contributed by atoms with Gasteiger partial charge in [0, 0.05) is 0 Å². The molecule has 4 rings (SSSR count). The summed E-state index contributed by atoms with van der Waals surface area (Å²) in [6.07, 6.45) is 21.9.